The number of aliphatic imine (C=N–C) groups is 1. The largest absolute Gasteiger partial charge is 0.478 e. The van der Waals surface area contributed by atoms with E-state index in [1.807, 2.05) is 0 Å². The van der Waals surface area contributed by atoms with Gasteiger partial charge in [0.05, 0.1) is 11.1 Å². The molecule has 0 saturated carbocycles. The maximum absolute atomic E-state index is 11.6. The molecule has 0 saturated heterocycles. The van der Waals surface area contributed by atoms with Gasteiger partial charge in [-0.1, -0.05) is 24.3 Å². The highest BCUT2D eigenvalue weighted by Crippen LogP contribution is 2.29. The number of rotatable bonds is 4. The second kappa shape index (κ2) is 5.96. The van der Waals surface area contributed by atoms with Gasteiger partial charge < -0.3 is 14.9 Å². The molecule has 3 rings (SSSR count). The van der Waals surface area contributed by atoms with Crippen molar-refractivity contribution in [2.75, 3.05) is 0 Å². The predicted octanol–water partition coefficient (Wildman–Crippen LogP) is 2.76. The third-order valence-electron chi connectivity index (χ3n) is 3.57. The molecule has 1 amide bonds. The van der Waals surface area contributed by atoms with Gasteiger partial charge in [-0.15, -0.1) is 0 Å². The van der Waals surface area contributed by atoms with Crippen molar-refractivity contribution in [2.24, 2.45) is 4.99 Å². The van der Waals surface area contributed by atoms with Crippen molar-refractivity contribution in [3.05, 3.63) is 70.8 Å². The zero-order valence-corrected chi connectivity index (χ0v) is 12.2. The third-order valence-corrected chi connectivity index (χ3v) is 3.57. The average molecular weight is 325 g/mol. The number of cyclic esters (lactones) is 1. The molecule has 1 unspecified atom stereocenters. The highest BCUT2D eigenvalue weighted by atomic mass is 16.6. The Hall–Kier alpha value is -3.48. The number of nitrogens with zero attached hydrogens (tertiary/aromatic N) is 1. The fourth-order valence-electron chi connectivity index (χ4n) is 2.37. The standard InChI is InChI=1S/C17H11NO6/c19-15(20)11-5-1-9(2-6-11)13-14(24-17(23)18-13)10-3-7-12(8-4-10)16(21)22/h1-8,14H,(H,19,20)(H,21,22). The van der Waals surface area contributed by atoms with E-state index in [1.165, 1.54) is 24.3 Å². The summed E-state index contributed by atoms with van der Waals surface area (Å²) in [6.45, 7) is 0. The molecule has 2 aromatic rings. The molecular weight excluding hydrogens is 314 g/mol. The highest BCUT2D eigenvalue weighted by Gasteiger charge is 2.31. The number of ether oxygens (including phenoxy) is 1. The lowest BCUT2D eigenvalue weighted by Gasteiger charge is -2.13. The topological polar surface area (TPSA) is 113 Å². The van der Waals surface area contributed by atoms with Gasteiger partial charge in [0.2, 0.25) is 0 Å². The summed E-state index contributed by atoms with van der Waals surface area (Å²) in [5.74, 6) is -2.11. The summed E-state index contributed by atoms with van der Waals surface area (Å²) in [4.78, 5) is 37.2. The Bertz CT molecular complexity index is 852. The molecule has 2 aromatic carbocycles. The van der Waals surface area contributed by atoms with Crippen LogP contribution in [0.15, 0.2) is 53.5 Å². The van der Waals surface area contributed by atoms with Crippen LogP contribution in [-0.4, -0.2) is 34.0 Å². The molecule has 1 aliphatic rings. The monoisotopic (exact) mass is 325 g/mol. The Balaban J connectivity index is 1.93. The lowest BCUT2D eigenvalue weighted by molar-refractivity contribution is 0.0686. The Labute approximate surface area is 135 Å². The van der Waals surface area contributed by atoms with E-state index in [0.717, 1.165) is 0 Å². The first kappa shape index (κ1) is 15.4. The van der Waals surface area contributed by atoms with Gasteiger partial charge in [0, 0.05) is 5.56 Å². The van der Waals surface area contributed by atoms with Crippen LogP contribution < -0.4 is 0 Å². The van der Waals surface area contributed by atoms with Crippen LogP contribution in [0.1, 0.15) is 37.9 Å². The van der Waals surface area contributed by atoms with Crippen LogP contribution in [0.2, 0.25) is 0 Å². The normalized spacial score (nSPS) is 16.4. The second-order valence-electron chi connectivity index (χ2n) is 5.07. The molecule has 0 aliphatic carbocycles. The number of hydrogen-bond acceptors (Lipinski definition) is 4. The third kappa shape index (κ3) is 2.87. The molecule has 0 bridgehead atoms. The number of benzene rings is 2. The lowest BCUT2D eigenvalue weighted by Crippen LogP contribution is -2.12. The second-order valence-corrected chi connectivity index (χ2v) is 5.07. The minimum Gasteiger partial charge on any atom is -0.478 e. The molecule has 120 valence electrons. The van der Waals surface area contributed by atoms with Gasteiger partial charge in [0.15, 0.2) is 6.10 Å². The molecule has 0 radical (unpaired) electrons. The van der Waals surface area contributed by atoms with E-state index in [-0.39, 0.29) is 11.1 Å². The summed E-state index contributed by atoms with van der Waals surface area (Å²) < 4.78 is 5.19. The van der Waals surface area contributed by atoms with Gasteiger partial charge in [-0.25, -0.2) is 14.4 Å². The molecule has 24 heavy (non-hydrogen) atoms. The molecule has 0 spiro atoms. The van der Waals surface area contributed by atoms with Gasteiger partial charge in [-0.2, -0.15) is 4.99 Å². The van der Waals surface area contributed by atoms with E-state index in [0.29, 0.717) is 16.8 Å². The Kier molecular flexibility index (Phi) is 3.83. The number of carboxylic acids is 2. The zero-order chi connectivity index (χ0) is 17.3. The zero-order valence-electron chi connectivity index (χ0n) is 12.2. The van der Waals surface area contributed by atoms with Gasteiger partial charge in [-0.05, 0) is 29.8 Å². The van der Waals surface area contributed by atoms with Gasteiger partial charge >= 0.3 is 18.0 Å². The van der Waals surface area contributed by atoms with Crippen LogP contribution in [0, 0.1) is 0 Å². The minimum atomic E-state index is -1.05. The van der Waals surface area contributed by atoms with Gasteiger partial charge in [0.25, 0.3) is 0 Å². The molecule has 7 nitrogen and oxygen atoms in total. The fraction of sp³-hybridized carbons (Fsp3) is 0.0588. The van der Waals surface area contributed by atoms with Crippen molar-refractivity contribution >= 4 is 23.7 Å². The summed E-state index contributed by atoms with van der Waals surface area (Å²) in [6, 6.07) is 11.8. The molecule has 2 N–H and O–H groups in total. The smallest absolute Gasteiger partial charge is 0.435 e. The van der Waals surface area contributed by atoms with Crippen LogP contribution in [-0.2, 0) is 4.74 Å². The summed E-state index contributed by atoms with van der Waals surface area (Å²) in [7, 11) is 0. The molecule has 1 aliphatic heterocycles. The molecule has 1 atom stereocenters. The first-order chi connectivity index (χ1) is 11.5. The van der Waals surface area contributed by atoms with E-state index < -0.39 is 24.1 Å². The predicted molar refractivity (Wildman–Crippen MR) is 82.6 cm³/mol. The Morgan fingerprint density at radius 1 is 0.875 bits per heavy atom. The SMILES string of the molecule is O=C1N=C(c2ccc(C(=O)O)cc2)C(c2ccc(C(=O)O)cc2)O1. The van der Waals surface area contributed by atoms with Crippen molar-refractivity contribution in [1.29, 1.82) is 0 Å². The van der Waals surface area contributed by atoms with Crippen LogP contribution in [0.25, 0.3) is 0 Å². The van der Waals surface area contributed by atoms with E-state index in [9.17, 15) is 14.4 Å². The van der Waals surface area contributed by atoms with Crippen LogP contribution in [0.5, 0.6) is 0 Å². The van der Waals surface area contributed by atoms with E-state index in [4.69, 9.17) is 14.9 Å². The van der Waals surface area contributed by atoms with Gasteiger partial charge in [-0.3, -0.25) is 0 Å². The van der Waals surface area contributed by atoms with Gasteiger partial charge in [0.1, 0.15) is 5.71 Å². The number of carbonyl (C=O) groups is 3. The number of carboxylic acid groups (broad SMARTS) is 2. The number of hydrogen-bond donors (Lipinski definition) is 2. The quantitative estimate of drug-likeness (QED) is 0.893. The summed E-state index contributed by atoms with van der Waals surface area (Å²) in [5, 5.41) is 17.9. The Morgan fingerprint density at radius 2 is 1.38 bits per heavy atom. The minimum absolute atomic E-state index is 0.118. The van der Waals surface area contributed by atoms with Crippen LogP contribution in [0.3, 0.4) is 0 Å². The van der Waals surface area contributed by atoms with Crippen molar-refractivity contribution < 1.29 is 29.3 Å². The fourth-order valence-corrected chi connectivity index (χ4v) is 2.37. The van der Waals surface area contributed by atoms with Crippen molar-refractivity contribution in [3.63, 3.8) is 0 Å². The van der Waals surface area contributed by atoms with Crippen LogP contribution in [0.4, 0.5) is 4.79 Å². The highest BCUT2D eigenvalue weighted by molar-refractivity contribution is 6.12. The first-order valence-corrected chi connectivity index (χ1v) is 6.92. The van der Waals surface area contributed by atoms with Crippen molar-refractivity contribution in [3.8, 4) is 0 Å². The summed E-state index contributed by atoms with van der Waals surface area (Å²) in [6.07, 6.45) is -1.52. The summed E-state index contributed by atoms with van der Waals surface area (Å²) >= 11 is 0. The molecule has 7 heteroatoms. The summed E-state index contributed by atoms with van der Waals surface area (Å²) in [5.41, 5.74) is 1.71. The number of aromatic carboxylic acids is 2. The lowest BCUT2D eigenvalue weighted by atomic mass is 9.97. The van der Waals surface area contributed by atoms with E-state index >= 15 is 0 Å². The molecular formula is C17H11NO6. The maximum atomic E-state index is 11.6. The molecule has 0 aromatic heterocycles. The number of carbonyl (C=O) groups excluding carboxylic acids is 1. The first-order valence-electron chi connectivity index (χ1n) is 6.92. The Morgan fingerprint density at radius 3 is 1.88 bits per heavy atom. The molecule has 1 heterocycles. The van der Waals surface area contributed by atoms with E-state index in [1.54, 1.807) is 24.3 Å². The van der Waals surface area contributed by atoms with Crippen molar-refractivity contribution in [2.45, 2.75) is 6.10 Å². The van der Waals surface area contributed by atoms with E-state index in [2.05, 4.69) is 4.99 Å². The number of amides is 1. The van der Waals surface area contributed by atoms with Crippen LogP contribution >= 0.6 is 0 Å². The molecule has 0 fully saturated rings. The maximum Gasteiger partial charge on any atom is 0.435 e. The van der Waals surface area contributed by atoms with Crippen molar-refractivity contribution in [1.82, 2.24) is 0 Å². The average Bonchev–Trinajstić information content (AvgIpc) is 2.97.